The van der Waals surface area contributed by atoms with E-state index in [1.54, 1.807) is 26.4 Å². The van der Waals surface area contributed by atoms with Crippen molar-refractivity contribution in [1.29, 1.82) is 0 Å². The minimum Gasteiger partial charge on any atom is -0.507 e. The predicted molar refractivity (Wildman–Crippen MR) is 174 cm³/mol. The van der Waals surface area contributed by atoms with E-state index < -0.39 is 21.7 Å². The number of rotatable bonds is 2. The van der Waals surface area contributed by atoms with E-state index in [0.29, 0.717) is 22.3 Å². The lowest BCUT2D eigenvalue weighted by atomic mass is 9.57. The van der Waals surface area contributed by atoms with E-state index in [1.807, 2.05) is 90.1 Å². The molecule has 0 unspecified atom stereocenters. The number of hydrogen-bond donors (Lipinski definition) is 2. The Morgan fingerprint density at radius 2 is 0.955 bits per heavy atom. The van der Waals surface area contributed by atoms with E-state index in [2.05, 4.69) is 13.2 Å². The topological polar surface area (TPSA) is 93.1 Å². The highest BCUT2D eigenvalue weighted by atomic mass is 16.5. The summed E-state index contributed by atoms with van der Waals surface area (Å²) in [7, 11) is 3.25. The van der Waals surface area contributed by atoms with Crippen molar-refractivity contribution in [2.24, 2.45) is 10.8 Å². The summed E-state index contributed by atoms with van der Waals surface area (Å²) in [6.07, 6.45) is 6.98. The molecule has 0 saturated heterocycles. The van der Waals surface area contributed by atoms with Gasteiger partial charge in [0, 0.05) is 22.0 Å². The van der Waals surface area contributed by atoms with Crippen molar-refractivity contribution in [3.8, 4) is 11.5 Å². The molecule has 2 atom stereocenters. The molecule has 0 aromatic heterocycles. The Morgan fingerprint density at radius 3 is 1.27 bits per heavy atom. The molecule has 2 N–H and O–H groups in total. The van der Waals surface area contributed by atoms with Gasteiger partial charge in [-0.25, -0.2) is 0 Å². The summed E-state index contributed by atoms with van der Waals surface area (Å²) in [4.78, 5) is 24.6. The molecule has 0 bridgehead atoms. The van der Waals surface area contributed by atoms with Crippen molar-refractivity contribution in [3.63, 3.8) is 0 Å². The maximum absolute atomic E-state index is 12.3. The Hall–Kier alpha value is -4.58. The van der Waals surface area contributed by atoms with Crippen molar-refractivity contribution >= 4 is 22.7 Å². The number of carbonyl (C=O) groups is 2. The van der Waals surface area contributed by atoms with Crippen LogP contribution in [0.15, 0.2) is 96.5 Å². The molecule has 4 aliphatic carbocycles. The predicted octanol–water partition coefficient (Wildman–Crippen LogP) is 7.91. The molecular weight excluding hydrogens is 552 g/mol. The van der Waals surface area contributed by atoms with Crippen molar-refractivity contribution in [3.05, 3.63) is 119 Å². The molecule has 0 spiro atoms. The molecule has 0 aliphatic heterocycles. The number of allylic oxidation sites excluding steroid dienone is 8. The maximum Gasteiger partial charge on any atom is 0.165 e. The highest BCUT2D eigenvalue weighted by Gasteiger charge is 2.51. The average molecular weight is 593 g/mol. The molecule has 0 fully saturated rings. The molecule has 0 amide bonds. The van der Waals surface area contributed by atoms with Crippen LogP contribution in [0.25, 0.3) is 11.1 Å². The zero-order valence-corrected chi connectivity index (χ0v) is 26.7. The van der Waals surface area contributed by atoms with Crippen LogP contribution >= 0.6 is 0 Å². The number of ether oxygens (including phenoxy) is 2. The van der Waals surface area contributed by atoms with Gasteiger partial charge in [-0.15, -0.1) is 0 Å². The fourth-order valence-corrected chi connectivity index (χ4v) is 7.39. The number of carbonyl (C=O) groups excluding carboxylic acids is 2. The van der Waals surface area contributed by atoms with Crippen molar-refractivity contribution in [2.75, 3.05) is 14.2 Å². The van der Waals surface area contributed by atoms with Crippen LogP contribution in [-0.2, 0) is 20.4 Å². The number of benzene rings is 2. The van der Waals surface area contributed by atoms with Gasteiger partial charge < -0.3 is 19.7 Å². The number of ketones is 2. The third kappa shape index (κ3) is 4.15. The second-order valence-corrected chi connectivity index (χ2v) is 13.3. The van der Waals surface area contributed by atoms with Crippen LogP contribution < -0.4 is 9.47 Å². The first-order valence-electron chi connectivity index (χ1n) is 14.6. The van der Waals surface area contributed by atoms with Gasteiger partial charge in [-0.1, -0.05) is 37.4 Å². The SMILES string of the molecule is C=C1C(O)=C2C(C)(C)C(=O)C=C[C@@]2(C)c2cc(OC)ccc21.C=C1C(O)=C2C(C)(C)C(=O)C=C[C@]2(C)c2cc(OC)ccc21. The van der Waals surface area contributed by atoms with Crippen molar-refractivity contribution in [2.45, 2.75) is 52.4 Å². The summed E-state index contributed by atoms with van der Waals surface area (Å²) in [5, 5.41) is 21.5. The fraction of sp³-hybridized carbons (Fsp3) is 0.316. The number of aliphatic hydroxyl groups is 2. The minimum atomic E-state index is -0.767. The maximum atomic E-state index is 12.3. The van der Waals surface area contributed by atoms with Crippen molar-refractivity contribution in [1.82, 2.24) is 0 Å². The smallest absolute Gasteiger partial charge is 0.165 e. The molecule has 0 saturated carbocycles. The lowest BCUT2D eigenvalue weighted by Gasteiger charge is -2.45. The lowest BCUT2D eigenvalue weighted by molar-refractivity contribution is -0.122. The van der Waals surface area contributed by atoms with Gasteiger partial charge in [0.2, 0.25) is 0 Å². The first-order valence-corrected chi connectivity index (χ1v) is 14.6. The van der Waals surface area contributed by atoms with E-state index in [-0.39, 0.29) is 23.1 Å². The second kappa shape index (κ2) is 9.98. The molecule has 0 radical (unpaired) electrons. The summed E-state index contributed by atoms with van der Waals surface area (Å²) in [6.45, 7) is 19.5. The van der Waals surface area contributed by atoms with E-state index in [1.165, 1.54) is 0 Å². The number of methoxy groups -OCH3 is 2. The Morgan fingerprint density at radius 1 is 0.614 bits per heavy atom. The first kappa shape index (κ1) is 30.9. The van der Waals surface area contributed by atoms with Gasteiger partial charge in [0.05, 0.1) is 25.0 Å². The molecule has 6 nitrogen and oxygen atoms in total. The fourth-order valence-electron chi connectivity index (χ4n) is 7.39. The van der Waals surface area contributed by atoms with Gasteiger partial charge in [0.1, 0.15) is 23.0 Å². The normalized spacial score (nSPS) is 25.8. The van der Waals surface area contributed by atoms with E-state index in [9.17, 15) is 19.8 Å². The average Bonchev–Trinajstić information content (AvgIpc) is 2.99. The molecule has 44 heavy (non-hydrogen) atoms. The molecule has 228 valence electrons. The van der Waals surface area contributed by atoms with Crippen LogP contribution in [0.1, 0.15) is 63.8 Å². The molecular formula is C38H40O6. The number of hydrogen-bond acceptors (Lipinski definition) is 6. The summed E-state index contributed by atoms with van der Waals surface area (Å²) in [5.74, 6) is 1.73. The molecule has 2 aromatic carbocycles. The van der Waals surface area contributed by atoms with E-state index >= 15 is 0 Å². The highest BCUT2D eigenvalue weighted by Crippen LogP contribution is 2.56. The third-order valence-corrected chi connectivity index (χ3v) is 9.92. The van der Waals surface area contributed by atoms with Crippen LogP contribution in [0.4, 0.5) is 0 Å². The summed E-state index contributed by atoms with van der Waals surface area (Å²) >= 11 is 0. The van der Waals surface area contributed by atoms with Gasteiger partial charge in [0.15, 0.2) is 11.6 Å². The van der Waals surface area contributed by atoms with Gasteiger partial charge in [-0.2, -0.15) is 0 Å². The Balaban J connectivity index is 0.000000175. The quantitative estimate of drug-likeness (QED) is 0.368. The molecule has 6 heteroatoms. The summed E-state index contributed by atoms with van der Waals surface area (Å²) < 4.78 is 10.7. The van der Waals surface area contributed by atoms with Gasteiger partial charge in [-0.05, 0) is 111 Å². The Bertz CT molecular complexity index is 1660. The summed E-state index contributed by atoms with van der Waals surface area (Å²) in [6, 6.07) is 11.5. The zero-order valence-electron chi connectivity index (χ0n) is 26.7. The number of fused-ring (bicyclic) bond motifs is 6. The van der Waals surface area contributed by atoms with Crippen molar-refractivity contribution < 1.29 is 29.3 Å². The van der Waals surface area contributed by atoms with Crippen LogP contribution in [0.5, 0.6) is 11.5 Å². The van der Waals surface area contributed by atoms with Gasteiger partial charge in [0.25, 0.3) is 0 Å². The monoisotopic (exact) mass is 592 g/mol. The van der Waals surface area contributed by atoms with Crippen LogP contribution in [-0.4, -0.2) is 36.0 Å². The molecule has 6 rings (SSSR count). The highest BCUT2D eigenvalue weighted by molar-refractivity contribution is 6.02. The Kier molecular flexibility index (Phi) is 7.00. The van der Waals surface area contributed by atoms with E-state index in [4.69, 9.17) is 9.47 Å². The molecule has 0 heterocycles. The second-order valence-electron chi connectivity index (χ2n) is 13.3. The molecule has 4 aliphatic rings. The minimum absolute atomic E-state index is 0.00864. The standard InChI is InChI=1S/2C19H20O3/c2*1-11-13-7-6-12(22-5)10-14(13)19(4)9-8-15(20)18(2,3)17(19)16(11)21/h2*6-10,21H,1H2,2-5H3/t2*19-/m10/s1. The van der Waals surface area contributed by atoms with Gasteiger partial charge in [-0.3, -0.25) is 9.59 Å². The molecule has 2 aromatic rings. The largest absolute Gasteiger partial charge is 0.507 e. The van der Waals surface area contributed by atoms with Gasteiger partial charge >= 0.3 is 0 Å². The lowest BCUT2D eigenvalue weighted by Crippen LogP contribution is -2.43. The van der Waals surface area contributed by atoms with Crippen LogP contribution in [0, 0.1) is 10.8 Å². The number of aliphatic hydroxyl groups excluding tert-OH is 2. The van der Waals surface area contributed by atoms with E-state index in [0.717, 1.165) is 33.8 Å². The zero-order chi connectivity index (χ0) is 32.6. The first-order chi connectivity index (χ1) is 20.5. The van der Waals surface area contributed by atoms with Crippen LogP contribution in [0.2, 0.25) is 0 Å². The Labute approximate surface area is 259 Å². The van der Waals surface area contributed by atoms with Crippen LogP contribution in [0.3, 0.4) is 0 Å². The third-order valence-electron chi connectivity index (χ3n) is 9.92. The summed E-state index contributed by atoms with van der Waals surface area (Å²) in [5.41, 5.74) is 3.68.